The summed E-state index contributed by atoms with van der Waals surface area (Å²) >= 11 is 0. The van der Waals surface area contributed by atoms with Gasteiger partial charge >= 0.3 is 0 Å². The van der Waals surface area contributed by atoms with Crippen LogP contribution in [-0.2, 0) is 17.9 Å². The van der Waals surface area contributed by atoms with Gasteiger partial charge in [-0.2, -0.15) is 0 Å². The number of anilines is 1. The summed E-state index contributed by atoms with van der Waals surface area (Å²) in [4.78, 5) is 47.0. The minimum Gasteiger partial charge on any atom is -0.380 e. The molecule has 1 aliphatic heterocycles. The van der Waals surface area contributed by atoms with Crippen LogP contribution in [0.25, 0.3) is 29.6 Å². The number of fused-ring (bicyclic) bond motifs is 1. The minimum atomic E-state index is -0.257. The molecule has 240 valence electrons. The molecule has 0 spiro atoms. The van der Waals surface area contributed by atoms with Crippen molar-refractivity contribution in [1.82, 2.24) is 25.2 Å². The third-order valence-electron chi connectivity index (χ3n) is 8.30. The first-order chi connectivity index (χ1) is 23.9. The van der Waals surface area contributed by atoms with Gasteiger partial charge in [-0.15, -0.1) is 0 Å². The highest BCUT2D eigenvalue weighted by Crippen LogP contribution is 2.37. The Balaban J connectivity index is 1.16. The summed E-state index contributed by atoms with van der Waals surface area (Å²) in [7, 11) is 0. The zero-order valence-electron chi connectivity index (χ0n) is 26.4. The molecule has 3 heterocycles. The Bertz CT molecular complexity index is 2360. The maximum absolute atomic E-state index is 13.5. The molecule has 1 aliphatic rings. The number of rotatable bonds is 9. The quantitative estimate of drug-likeness (QED) is 0.175. The fraction of sp³-hybridized carbons (Fsp3) is 0.0500. The van der Waals surface area contributed by atoms with Gasteiger partial charge < -0.3 is 20.9 Å². The molecule has 0 aliphatic carbocycles. The van der Waals surface area contributed by atoms with Gasteiger partial charge in [0.2, 0.25) is 0 Å². The number of H-pyrrole nitrogens is 1. The first-order valence-corrected chi connectivity index (χ1v) is 15.8. The molecule has 9 nitrogen and oxygen atoms in total. The Kier molecular flexibility index (Phi) is 8.54. The summed E-state index contributed by atoms with van der Waals surface area (Å²) in [6, 6.07) is 35.8. The summed E-state index contributed by atoms with van der Waals surface area (Å²) in [5, 5.41) is 9.85. The van der Waals surface area contributed by atoms with Gasteiger partial charge in [0.1, 0.15) is 10.8 Å². The molecule has 0 saturated heterocycles. The van der Waals surface area contributed by atoms with Crippen molar-refractivity contribution in [1.29, 1.82) is 0 Å². The molecule has 0 unspecified atom stereocenters. The standard InChI is InChI=1S/C40H32N6O3/c1-26-44-35(22-27-18-20-41-21-19-27)40(49)46(26)32-15-12-29(13-16-32)24-42-37(30-10-6-3-7-11-30)36-33-23-31(14-17-34(33)45-39(36)48)38(47)43-25-28-8-4-2-5-9-28/h2-23,42,44H,1,24-25H2,(H,43,47)(H,45,48)/b35-22-,37-36-. The number of carbonyl (C=O) groups is 2. The molecular formula is C40H32N6O3. The van der Waals surface area contributed by atoms with Crippen molar-refractivity contribution in [3.63, 3.8) is 0 Å². The molecular weight excluding hydrogens is 612 g/mol. The van der Waals surface area contributed by atoms with Crippen LogP contribution in [0.4, 0.5) is 5.69 Å². The van der Waals surface area contributed by atoms with Crippen molar-refractivity contribution in [3.8, 4) is 5.69 Å². The van der Waals surface area contributed by atoms with Gasteiger partial charge in [-0.1, -0.05) is 79.4 Å². The molecule has 2 aromatic heterocycles. The second kappa shape index (κ2) is 13.5. The van der Waals surface area contributed by atoms with Crippen molar-refractivity contribution < 1.29 is 9.59 Å². The van der Waals surface area contributed by atoms with Crippen LogP contribution < -0.4 is 32.3 Å². The second-order valence-corrected chi connectivity index (χ2v) is 11.6. The lowest BCUT2D eigenvalue weighted by Crippen LogP contribution is -2.29. The Labute approximate surface area is 282 Å². The van der Waals surface area contributed by atoms with E-state index in [4.69, 9.17) is 0 Å². The van der Waals surface area contributed by atoms with Gasteiger partial charge in [-0.3, -0.25) is 23.9 Å². The molecule has 9 heteroatoms. The van der Waals surface area contributed by atoms with Crippen LogP contribution in [0.3, 0.4) is 0 Å². The number of imidazole rings is 1. The lowest BCUT2D eigenvalue weighted by molar-refractivity contribution is -0.110. The van der Waals surface area contributed by atoms with Crippen molar-refractivity contribution in [2.24, 2.45) is 0 Å². The number of pyridine rings is 1. The number of nitrogens with zero attached hydrogens (tertiary/aromatic N) is 2. The van der Waals surface area contributed by atoms with Crippen LogP contribution in [0, 0.1) is 0 Å². The highest BCUT2D eigenvalue weighted by molar-refractivity contribution is 6.36. The van der Waals surface area contributed by atoms with Gasteiger partial charge in [0.05, 0.1) is 17.0 Å². The van der Waals surface area contributed by atoms with Crippen LogP contribution in [0.5, 0.6) is 0 Å². The van der Waals surface area contributed by atoms with E-state index in [9.17, 15) is 14.4 Å². The molecule has 0 saturated carbocycles. The van der Waals surface area contributed by atoms with Crippen molar-refractivity contribution in [3.05, 3.63) is 182 Å². The van der Waals surface area contributed by atoms with E-state index in [0.29, 0.717) is 57.7 Å². The first-order valence-electron chi connectivity index (χ1n) is 15.8. The molecule has 2 amide bonds. The maximum Gasteiger partial charge on any atom is 0.280 e. The average Bonchev–Trinajstić information content (AvgIpc) is 3.61. The zero-order valence-corrected chi connectivity index (χ0v) is 26.4. The average molecular weight is 645 g/mol. The van der Waals surface area contributed by atoms with Gasteiger partial charge in [-0.05, 0) is 70.8 Å². The Morgan fingerprint density at radius 3 is 2.18 bits per heavy atom. The first kappa shape index (κ1) is 30.9. The molecule has 6 aromatic rings. The number of benzene rings is 4. The fourth-order valence-electron chi connectivity index (χ4n) is 5.83. The van der Waals surface area contributed by atoms with E-state index in [0.717, 1.165) is 22.3 Å². The Morgan fingerprint density at radius 2 is 1.45 bits per heavy atom. The van der Waals surface area contributed by atoms with Gasteiger partial charge in [0.15, 0.2) is 0 Å². The number of nitrogens with one attached hydrogen (secondary N) is 4. The number of aromatic amines is 1. The molecule has 4 N–H and O–H groups in total. The number of hydrogen-bond donors (Lipinski definition) is 4. The molecule has 7 rings (SSSR count). The predicted molar refractivity (Wildman–Crippen MR) is 192 cm³/mol. The number of carbonyl (C=O) groups excluding carboxylic acids is 2. The van der Waals surface area contributed by atoms with Crippen molar-refractivity contribution >= 4 is 41.4 Å². The van der Waals surface area contributed by atoms with Crippen LogP contribution >= 0.6 is 0 Å². The van der Waals surface area contributed by atoms with E-state index in [1.54, 1.807) is 36.7 Å². The zero-order chi connectivity index (χ0) is 33.7. The minimum absolute atomic E-state index is 0.206. The van der Waals surface area contributed by atoms with E-state index >= 15 is 0 Å². The van der Waals surface area contributed by atoms with E-state index in [2.05, 4.69) is 32.5 Å². The molecule has 0 fully saturated rings. The van der Waals surface area contributed by atoms with Crippen LogP contribution in [-0.4, -0.2) is 26.3 Å². The smallest absolute Gasteiger partial charge is 0.280 e. The van der Waals surface area contributed by atoms with Gasteiger partial charge in [-0.25, -0.2) is 0 Å². The third kappa shape index (κ3) is 6.59. The van der Waals surface area contributed by atoms with E-state index in [-0.39, 0.29) is 17.4 Å². The van der Waals surface area contributed by atoms with Crippen molar-refractivity contribution in [2.75, 3.05) is 5.32 Å². The maximum atomic E-state index is 13.5. The lowest BCUT2D eigenvalue weighted by Gasteiger charge is -2.15. The molecule has 4 aromatic carbocycles. The fourth-order valence-corrected chi connectivity index (χ4v) is 5.83. The number of amides is 2. The summed E-state index contributed by atoms with van der Waals surface area (Å²) in [6.45, 7) is 4.83. The topological polar surface area (TPSA) is 121 Å². The SMILES string of the molecule is C=c1[nH]/c(=C\c2ccncc2)c(=O)n1-c1ccc(CN/C(=C2\C(=O)Nc3ccc(C(=O)NCc4ccccc4)cc32)c2ccccc2)cc1. The normalized spacial score (nSPS) is 13.5. The summed E-state index contributed by atoms with van der Waals surface area (Å²) < 4.78 is 1.54. The Hall–Kier alpha value is -6.74. The molecule has 0 radical (unpaired) electrons. The highest BCUT2D eigenvalue weighted by Gasteiger charge is 2.29. The van der Waals surface area contributed by atoms with E-state index in [1.807, 2.05) is 97.1 Å². The summed E-state index contributed by atoms with van der Waals surface area (Å²) in [5.41, 5.74) is 7.38. The number of aromatic nitrogens is 3. The van der Waals surface area contributed by atoms with Crippen LogP contribution in [0.15, 0.2) is 132 Å². The lowest BCUT2D eigenvalue weighted by atomic mass is 9.98. The Morgan fingerprint density at radius 1 is 0.776 bits per heavy atom. The van der Waals surface area contributed by atoms with Crippen LogP contribution in [0.1, 0.15) is 38.2 Å². The molecule has 49 heavy (non-hydrogen) atoms. The molecule has 0 atom stereocenters. The number of hydrogen-bond acceptors (Lipinski definition) is 5. The monoisotopic (exact) mass is 644 g/mol. The second-order valence-electron chi connectivity index (χ2n) is 11.6. The largest absolute Gasteiger partial charge is 0.380 e. The summed E-state index contributed by atoms with van der Waals surface area (Å²) in [6.07, 6.45) is 5.11. The van der Waals surface area contributed by atoms with Gasteiger partial charge in [0, 0.05) is 42.3 Å². The van der Waals surface area contributed by atoms with Crippen molar-refractivity contribution in [2.45, 2.75) is 13.1 Å². The van der Waals surface area contributed by atoms with Gasteiger partial charge in [0.25, 0.3) is 17.4 Å². The summed E-state index contributed by atoms with van der Waals surface area (Å²) in [5.74, 6) is -0.485. The van der Waals surface area contributed by atoms with Crippen LogP contribution in [0.2, 0.25) is 0 Å². The highest BCUT2D eigenvalue weighted by atomic mass is 16.2. The van der Waals surface area contributed by atoms with E-state index < -0.39 is 0 Å². The predicted octanol–water partition coefficient (Wildman–Crippen LogP) is 4.34. The molecule has 0 bridgehead atoms. The third-order valence-corrected chi connectivity index (χ3v) is 8.30. The van der Waals surface area contributed by atoms with E-state index in [1.165, 1.54) is 4.57 Å².